The lowest BCUT2D eigenvalue weighted by molar-refractivity contribution is 0.414. The van der Waals surface area contributed by atoms with Crippen LogP contribution in [-0.4, -0.2) is 7.11 Å². The number of ether oxygens (including phenoxy) is 1. The lowest BCUT2D eigenvalue weighted by Gasteiger charge is -2.00. The van der Waals surface area contributed by atoms with Crippen molar-refractivity contribution in [3.05, 3.63) is 23.3 Å². The zero-order valence-electron chi connectivity index (χ0n) is 6.87. The Bertz CT molecular complexity index is 450. The van der Waals surface area contributed by atoms with Crippen LogP contribution in [0.5, 0.6) is 5.75 Å². The van der Waals surface area contributed by atoms with Gasteiger partial charge in [0.15, 0.2) is 5.13 Å². The lowest BCUT2D eigenvalue weighted by atomic mass is 10.2. The maximum atomic E-state index is 12.9. The summed E-state index contributed by atoms with van der Waals surface area (Å²) in [5.41, 5.74) is 0. The van der Waals surface area contributed by atoms with Crippen LogP contribution >= 0.6 is 24.0 Å². The summed E-state index contributed by atoms with van der Waals surface area (Å²) >= 11 is 5.35. The summed E-state index contributed by atoms with van der Waals surface area (Å²) in [5.74, 6) is 0.704. The largest absolute Gasteiger partial charge is 0.497 e. The second-order valence-corrected chi connectivity index (χ2v) is 4.10. The van der Waals surface area contributed by atoms with Gasteiger partial charge in [-0.2, -0.15) is 4.39 Å². The van der Waals surface area contributed by atoms with Gasteiger partial charge in [0.05, 0.1) is 11.8 Å². The number of benzene rings is 1. The quantitative estimate of drug-likeness (QED) is 0.716. The fourth-order valence-corrected chi connectivity index (χ4v) is 2.37. The van der Waals surface area contributed by atoms with Crippen LogP contribution in [0.2, 0.25) is 0 Å². The normalized spacial score (nSPS) is 10.7. The number of methoxy groups -OCH3 is 1. The van der Waals surface area contributed by atoms with E-state index in [1.807, 2.05) is 0 Å². The molecule has 0 radical (unpaired) electrons. The van der Waals surface area contributed by atoms with Crippen molar-refractivity contribution in [1.29, 1.82) is 0 Å². The Morgan fingerprint density at radius 3 is 2.85 bits per heavy atom. The minimum Gasteiger partial charge on any atom is -0.497 e. The predicted octanol–water partition coefficient (Wildman–Crippen LogP) is 3.34. The van der Waals surface area contributed by atoms with E-state index in [-0.39, 0.29) is 5.13 Å². The molecule has 13 heavy (non-hydrogen) atoms. The summed E-state index contributed by atoms with van der Waals surface area (Å²) in [6.45, 7) is 0. The third-order valence-electron chi connectivity index (χ3n) is 1.78. The molecule has 0 bridgehead atoms. The van der Waals surface area contributed by atoms with E-state index in [0.29, 0.717) is 5.75 Å². The molecular weight excluding hydrogens is 207 g/mol. The lowest BCUT2D eigenvalue weighted by Crippen LogP contribution is -1.81. The van der Waals surface area contributed by atoms with Crippen molar-refractivity contribution < 1.29 is 9.13 Å². The second kappa shape index (κ2) is 3.20. The highest BCUT2D eigenvalue weighted by molar-refractivity contribution is 7.80. The third-order valence-corrected chi connectivity index (χ3v) is 3.25. The van der Waals surface area contributed by atoms with Gasteiger partial charge in [-0.15, -0.1) is 24.0 Å². The number of rotatable bonds is 1. The molecule has 1 nitrogen and oxygen atoms in total. The van der Waals surface area contributed by atoms with Crippen molar-refractivity contribution >= 4 is 34.1 Å². The maximum absolute atomic E-state index is 12.9. The van der Waals surface area contributed by atoms with Crippen LogP contribution in [0.1, 0.15) is 0 Å². The smallest absolute Gasteiger partial charge is 0.177 e. The molecule has 1 aromatic carbocycles. The van der Waals surface area contributed by atoms with Gasteiger partial charge in [-0.05, 0) is 18.2 Å². The Morgan fingerprint density at radius 2 is 2.15 bits per heavy atom. The highest BCUT2D eigenvalue weighted by Crippen LogP contribution is 2.33. The first kappa shape index (κ1) is 8.84. The summed E-state index contributed by atoms with van der Waals surface area (Å²) in [4.78, 5) is 0.753. The summed E-state index contributed by atoms with van der Waals surface area (Å²) < 4.78 is 18.8. The van der Waals surface area contributed by atoms with Gasteiger partial charge in [-0.3, -0.25) is 0 Å². The molecule has 0 saturated heterocycles. The van der Waals surface area contributed by atoms with Gasteiger partial charge in [0.1, 0.15) is 5.75 Å². The molecule has 1 heterocycles. The molecule has 0 spiro atoms. The van der Waals surface area contributed by atoms with Gasteiger partial charge >= 0.3 is 0 Å². The fraction of sp³-hybridized carbons (Fsp3) is 0.111. The van der Waals surface area contributed by atoms with E-state index >= 15 is 0 Å². The Morgan fingerprint density at radius 1 is 1.38 bits per heavy atom. The van der Waals surface area contributed by atoms with Crippen LogP contribution < -0.4 is 4.74 Å². The zero-order chi connectivity index (χ0) is 9.42. The predicted molar refractivity (Wildman–Crippen MR) is 55.6 cm³/mol. The average Bonchev–Trinajstić information content (AvgIpc) is 2.46. The third kappa shape index (κ3) is 1.51. The van der Waals surface area contributed by atoms with Crippen LogP contribution in [0.3, 0.4) is 0 Å². The fourth-order valence-electron chi connectivity index (χ4n) is 1.19. The van der Waals surface area contributed by atoms with Gasteiger partial charge in [-0.25, -0.2) is 0 Å². The van der Waals surface area contributed by atoms with E-state index < -0.39 is 0 Å². The van der Waals surface area contributed by atoms with Gasteiger partial charge in [-0.1, -0.05) is 0 Å². The molecule has 2 aromatic rings. The van der Waals surface area contributed by atoms with Crippen molar-refractivity contribution in [1.82, 2.24) is 0 Å². The first-order valence-corrected chi connectivity index (χ1v) is 4.93. The molecule has 0 saturated carbocycles. The van der Waals surface area contributed by atoms with E-state index in [0.717, 1.165) is 26.3 Å². The molecule has 0 aliphatic heterocycles. The van der Waals surface area contributed by atoms with Crippen molar-refractivity contribution in [2.45, 2.75) is 4.90 Å². The number of hydrogen-bond donors (Lipinski definition) is 1. The van der Waals surface area contributed by atoms with Gasteiger partial charge < -0.3 is 4.74 Å². The number of hydrogen-bond acceptors (Lipinski definition) is 3. The van der Waals surface area contributed by atoms with Gasteiger partial charge in [0.25, 0.3) is 0 Å². The van der Waals surface area contributed by atoms with Crippen molar-refractivity contribution in [3.63, 3.8) is 0 Å². The van der Waals surface area contributed by atoms with Crippen molar-refractivity contribution in [3.8, 4) is 5.75 Å². The molecule has 0 amide bonds. The Labute approximate surface area is 84.6 Å². The minimum absolute atomic E-state index is 0.196. The molecule has 68 valence electrons. The Kier molecular flexibility index (Phi) is 2.17. The average molecular weight is 214 g/mol. The SMILES string of the molecule is COc1cc(S)c2sc(F)cc2c1. The summed E-state index contributed by atoms with van der Waals surface area (Å²) in [5, 5.41) is 0.644. The van der Waals surface area contributed by atoms with E-state index in [1.54, 1.807) is 19.2 Å². The van der Waals surface area contributed by atoms with Crippen LogP contribution in [0.4, 0.5) is 4.39 Å². The molecule has 4 heteroatoms. The molecule has 0 unspecified atom stereocenters. The molecule has 1 aromatic heterocycles. The number of thiophene rings is 1. The first-order chi connectivity index (χ1) is 6.20. The Hall–Kier alpha value is -0.740. The Balaban J connectivity index is 2.75. The van der Waals surface area contributed by atoms with E-state index in [4.69, 9.17) is 4.74 Å². The monoisotopic (exact) mass is 214 g/mol. The molecular formula is C9H7FOS2. The molecule has 0 aliphatic carbocycles. The molecule has 0 fully saturated rings. The second-order valence-electron chi connectivity index (χ2n) is 2.62. The summed E-state index contributed by atoms with van der Waals surface area (Å²) in [6.07, 6.45) is 0. The highest BCUT2D eigenvalue weighted by Gasteiger charge is 2.06. The molecule has 0 N–H and O–H groups in total. The van der Waals surface area contributed by atoms with Crippen LogP contribution in [0, 0.1) is 5.13 Å². The zero-order valence-corrected chi connectivity index (χ0v) is 8.58. The summed E-state index contributed by atoms with van der Waals surface area (Å²) in [7, 11) is 1.58. The van der Waals surface area contributed by atoms with Crippen molar-refractivity contribution in [2.75, 3.05) is 7.11 Å². The molecule has 0 atom stereocenters. The van der Waals surface area contributed by atoms with Crippen LogP contribution in [-0.2, 0) is 0 Å². The molecule has 2 rings (SSSR count). The van der Waals surface area contributed by atoms with Gasteiger partial charge in [0.2, 0.25) is 0 Å². The number of halogens is 1. The minimum atomic E-state index is -0.196. The van der Waals surface area contributed by atoms with Gasteiger partial charge in [0, 0.05) is 10.3 Å². The number of fused-ring (bicyclic) bond motifs is 1. The van der Waals surface area contributed by atoms with Crippen LogP contribution in [0.25, 0.3) is 10.1 Å². The van der Waals surface area contributed by atoms with E-state index in [2.05, 4.69) is 12.6 Å². The highest BCUT2D eigenvalue weighted by atomic mass is 32.1. The topological polar surface area (TPSA) is 9.23 Å². The maximum Gasteiger partial charge on any atom is 0.177 e. The number of thiol groups is 1. The summed E-state index contributed by atoms with van der Waals surface area (Å²) in [6, 6.07) is 5.07. The van der Waals surface area contributed by atoms with E-state index in [1.165, 1.54) is 6.07 Å². The van der Waals surface area contributed by atoms with Crippen molar-refractivity contribution in [2.24, 2.45) is 0 Å². The first-order valence-electron chi connectivity index (χ1n) is 3.67. The van der Waals surface area contributed by atoms with E-state index in [9.17, 15) is 4.39 Å². The standard InChI is InChI=1S/C9H7FOS2/c1-11-6-2-5-3-8(10)13-9(5)7(12)4-6/h2-4,12H,1H3. The molecule has 0 aliphatic rings. The van der Waals surface area contributed by atoms with Crippen LogP contribution in [0.15, 0.2) is 23.1 Å².